The van der Waals surface area contributed by atoms with Crippen molar-refractivity contribution in [2.75, 3.05) is 5.32 Å². The third-order valence-electron chi connectivity index (χ3n) is 2.48. The lowest BCUT2D eigenvalue weighted by molar-refractivity contribution is 0.166. The summed E-state index contributed by atoms with van der Waals surface area (Å²) in [5.41, 5.74) is 2.22. The Labute approximate surface area is 111 Å². The molecular weight excluding hydrogens is 240 g/mol. The molecule has 1 amide bonds. The molecule has 0 aromatic heterocycles. The highest BCUT2D eigenvalue weighted by molar-refractivity contribution is 5.98. The average Bonchev–Trinajstić information content (AvgIpc) is 2.47. The van der Waals surface area contributed by atoms with E-state index in [1.54, 1.807) is 19.1 Å². The molecule has 0 aliphatic rings. The lowest BCUT2D eigenvalue weighted by Gasteiger charge is -2.03. The molecule has 0 atom stereocenters. The number of oxime groups is 1. The van der Waals surface area contributed by atoms with Gasteiger partial charge in [-0.3, -0.25) is 10.2 Å². The van der Waals surface area contributed by atoms with Crippen molar-refractivity contribution < 1.29 is 9.63 Å². The van der Waals surface area contributed by atoms with Gasteiger partial charge in [0.1, 0.15) is 0 Å². The highest BCUT2D eigenvalue weighted by Gasteiger charge is 2.03. The van der Waals surface area contributed by atoms with Crippen molar-refractivity contribution in [2.45, 2.75) is 6.92 Å². The second kappa shape index (κ2) is 6.35. The van der Waals surface area contributed by atoms with Crippen molar-refractivity contribution in [1.29, 1.82) is 0 Å². The first-order valence-corrected chi connectivity index (χ1v) is 5.89. The Balaban J connectivity index is 1.93. The minimum absolute atomic E-state index is 0.610. The van der Waals surface area contributed by atoms with Gasteiger partial charge < -0.3 is 0 Å². The summed E-state index contributed by atoms with van der Waals surface area (Å²) in [6.45, 7) is 1.78. The maximum Gasteiger partial charge on any atom is 0.437 e. The van der Waals surface area contributed by atoms with Crippen LogP contribution in [0.4, 0.5) is 10.5 Å². The Morgan fingerprint density at radius 1 is 1.00 bits per heavy atom. The fourth-order valence-corrected chi connectivity index (χ4v) is 1.50. The van der Waals surface area contributed by atoms with E-state index in [4.69, 9.17) is 4.84 Å². The normalized spacial score (nSPS) is 10.9. The monoisotopic (exact) mass is 254 g/mol. The van der Waals surface area contributed by atoms with Gasteiger partial charge in [-0.15, -0.1) is 0 Å². The van der Waals surface area contributed by atoms with Gasteiger partial charge in [-0.25, -0.2) is 4.79 Å². The van der Waals surface area contributed by atoms with Crippen LogP contribution in [0.1, 0.15) is 12.5 Å². The summed E-state index contributed by atoms with van der Waals surface area (Å²) in [5.74, 6) is 0. The van der Waals surface area contributed by atoms with Crippen LogP contribution in [0, 0.1) is 0 Å². The second-order valence-electron chi connectivity index (χ2n) is 3.91. The molecule has 0 heterocycles. The summed E-state index contributed by atoms with van der Waals surface area (Å²) < 4.78 is 0. The number of para-hydroxylation sites is 1. The first kappa shape index (κ1) is 12.8. The van der Waals surface area contributed by atoms with Crippen LogP contribution < -0.4 is 5.32 Å². The number of hydrogen-bond donors (Lipinski definition) is 1. The number of hydrogen-bond acceptors (Lipinski definition) is 3. The van der Waals surface area contributed by atoms with E-state index in [0.29, 0.717) is 11.4 Å². The van der Waals surface area contributed by atoms with Crippen molar-refractivity contribution in [3.05, 3.63) is 66.2 Å². The Bertz CT molecular complexity index is 565. The van der Waals surface area contributed by atoms with Crippen LogP contribution >= 0.6 is 0 Å². The molecule has 2 aromatic rings. The first-order chi connectivity index (χ1) is 9.25. The molecule has 0 spiro atoms. The van der Waals surface area contributed by atoms with Gasteiger partial charge >= 0.3 is 6.09 Å². The zero-order valence-electron chi connectivity index (χ0n) is 10.5. The molecule has 19 heavy (non-hydrogen) atoms. The predicted octanol–water partition coefficient (Wildman–Crippen LogP) is 3.66. The number of carbonyl (C=O) groups is 1. The molecule has 2 rings (SSSR count). The standard InChI is InChI=1S/C15H14N2O2/c1-12(13-8-4-2-5-9-13)17-19-15(18)16-14-10-6-3-7-11-14/h2-11H,1H3,(H,16,18)/b17-12+. The summed E-state index contributed by atoms with van der Waals surface area (Å²) in [6.07, 6.45) is -0.610. The predicted molar refractivity (Wildman–Crippen MR) is 75.2 cm³/mol. The van der Waals surface area contributed by atoms with Crippen molar-refractivity contribution in [3.63, 3.8) is 0 Å². The Kier molecular flexibility index (Phi) is 4.29. The average molecular weight is 254 g/mol. The molecule has 0 radical (unpaired) electrons. The lowest BCUT2D eigenvalue weighted by Crippen LogP contribution is -2.11. The van der Waals surface area contributed by atoms with Gasteiger partial charge in [0.2, 0.25) is 0 Å². The Morgan fingerprint density at radius 3 is 2.21 bits per heavy atom. The molecule has 0 saturated heterocycles. The first-order valence-electron chi connectivity index (χ1n) is 5.89. The van der Waals surface area contributed by atoms with Gasteiger partial charge in [-0.2, -0.15) is 0 Å². The summed E-state index contributed by atoms with van der Waals surface area (Å²) in [4.78, 5) is 16.3. The number of nitrogens with one attached hydrogen (secondary N) is 1. The number of nitrogens with zero attached hydrogens (tertiary/aromatic N) is 1. The summed E-state index contributed by atoms with van der Waals surface area (Å²) in [7, 11) is 0. The summed E-state index contributed by atoms with van der Waals surface area (Å²) in [5, 5.41) is 6.38. The molecule has 0 fully saturated rings. The van der Waals surface area contributed by atoms with Crippen molar-refractivity contribution in [3.8, 4) is 0 Å². The lowest BCUT2D eigenvalue weighted by atomic mass is 10.1. The summed E-state index contributed by atoms with van der Waals surface area (Å²) in [6, 6.07) is 18.6. The minimum Gasteiger partial charge on any atom is -0.298 e. The van der Waals surface area contributed by atoms with Gasteiger partial charge in [0.05, 0.1) is 5.71 Å². The van der Waals surface area contributed by atoms with Crippen molar-refractivity contribution >= 4 is 17.5 Å². The quantitative estimate of drug-likeness (QED) is 0.516. The van der Waals surface area contributed by atoms with Gasteiger partial charge in [-0.05, 0) is 24.6 Å². The molecule has 0 aliphatic heterocycles. The molecule has 2 aromatic carbocycles. The molecule has 96 valence electrons. The van der Waals surface area contributed by atoms with Crippen LogP contribution in [0.25, 0.3) is 0 Å². The van der Waals surface area contributed by atoms with Crippen LogP contribution in [0.3, 0.4) is 0 Å². The maximum absolute atomic E-state index is 11.5. The van der Waals surface area contributed by atoms with E-state index in [-0.39, 0.29) is 0 Å². The molecule has 0 unspecified atom stereocenters. The SMILES string of the molecule is C/C(=N\OC(=O)Nc1ccccc1)c1ccccc1. The smallest absolute Gasteiger partial charge is 0.298 e. The Morgan fingerprint density at radius 2 is 1.58 bits per heavy atom. The number of anilines is 1. The van der Waals surface area contributed by atoms with Crippen LogP contribution in [0.15, 0.2) is 65.8 Å². The highest BCUT2D eigenvalue weighted by Crippen LogP contribution is 2.06. The van der Waals surface area contributed by atoms with E-state index in [1.807, 2.05) is 48.5 Å². The fraction of sp³-hybridized carbons (Fsp3) is 0.0667. The van der Waals surface area contributed by atoms with E-state index in [2.05, 4.69) is 10.5 Å². The van der Waals surface area contributed by atoms with Gasteiger partial charge in [0, 0.05) is 5.69 Å². The van der Waals surface area contributed by atoms with E-state index >= 15 is 0 Å². The van der Waals surface area contributed by atoms with E-state index in [0.717, 1.165) is 5.56 Å². The van der Waals surface area contributed by atoms with E-state index in [9.17, 15) is 4.79 Å². The van der Waals surface area contributed by atoms with Crippen molar-refractivity contribution in [1.82, 2.24) is 0 Å². The third kappa shape index (κ3) is 3.96. The van der Waals surface area contributed by atoms with Crippen LogP contribution in [0.5, 0.6) is 0 Å². The molecule has 0 saturated carbocycles. The minimum atomic E-state index is -0.610. The van der Waals surface area contributed by atoms with E-state index in [1.165, 1.54) is 0 Å². The number of carbonyl (C=O) groups excluding carboxylic acids is 1. The molecular formula is C15H14N2O2. The second-order valence-corrected chi connectivity index (χ2v) is 3.91. The van der Waals surface area contributed by atoms with E-state index < -0.39 is 6.09 Å². The zero-order chi connectivity index (χ0) is 13.5. The van der Waals surface area contributed by atoms with Crippen LogP contribution in [0.2, 0.25) is 0 Å². The number of benzene rings is 2. The number of amides is 1. The van der Waals surface area contributed by atoms with Gasteiger partial charge in [0.25, 0.3) is 0 Å². The maximum atomic E-state index is 11.5. The third-order valence-corrected chi connectivity index (χ3v) is 2.48. The zero-order valence-corrected chi connectivity index (χ0v) is 10.5. The molecule has 4 nitrogen and oxygen atoms in total. The molecule has 1 N–H and O–H groups in total. The van der Waals surface area contributed by atoms with Gasteiger partial charge in [-0.1, -0.05) is 53.7 Å². The topological polar surface area (TPSA) is 50.7 Å². The molecule has 0 bridgehead atoms. The highest BCUT2D eigenvalue weighted by atomic mass is 16.7. The fourth-order valence-electron chi connectivity index (χ4n) is 1.50. The van der Waals surface area contributed by atoms with Crippen molar-refractivity contribution in [2.24, 2.45) is 5.16 Å². The molecule has 4 heteroatoms. The summed E-state index contributed by atoms with van der Waals surface area (Å²) >= 11 is 0. The molecule has 0 aliphatic carbocycles. The number of rotatable bonds is 3. The van der Waals surface area contributed by atoms with Crippen LogP contribution in [-0.2, 0) is 4.84 Å². The largest absolute Gasteiger partial charge is 0.437 e. The van der Waals surface area contributed by atoms with Gasteiger partial charge in [0.15, 0.2) is 0 Å². The Hall–Kier alpha value is -2.62. The van der Waals surface area contributed by atoms with Crippen LogP contribution in [-0.4, -0.2) is 11.8 Å².